The zero-order valence-corrected chi connectivity index (χ0v) is 10.3. The second-order valence-electron chi connectivity index (χ2n) is 4.31. The van der Waals surface area contributed by atoms with E-state index in [0.29, 0.717) is 6.04 Å². The molecule has 2 nitrogen and oxygen atoms in total. The van der Waals surface area contributed by atoms with Crippen molar-refractivity contribution in [3.63, 3.8) is 0 Å². The van der Waals surface area contributed by atoms with Crippen LogP contribution >= 0.6 is 0 Å². The molecule has 0 aromatic heterocycles. The van der Waals surface area contributed by atoms with E-state index >= 15 is 0 Å². The summed E-state index contributed by atoms with van der Waals surface area (Å²) in [5.74, 6) is 0. The Balaban J connectivity index is 3.60. The maximum absolute atomic E-state index is 5.77. The van der Waals surface area contributed by atoms with Crippen molar-refractivity contribution in [2.45, 2.75) is 58.9 Å². The van der Waals surface area contributed by atoms with E-state index in [1.165, 1.54) is 45.3 Å². The first-order chi connectivity index (χ1) is 6.70. The predicted molar refractivity (Wildman–Crippen MR) is 64.5 cm³/mol. The lowest BCUT2D eigenvalue weighted by molar-refractivity contribution is 0.257. The van der Waals surface area contributed by atoms with Gasteiger partial charge in [-0.05, 0) is 45.8 Å². The van der Waals surface area contributed by atoms with Crippen LogP contribution < -0.4 is 5.73 Å². The largest absolute Gasteiger partial charge is 0.328 e. The minimum Gasteiger partial charge on any atom is -0.328 e. The molecule has 0 saturated heterocycles. The molecule has 0 aliphatic heterocycles. The Hall–Kier alpha value is -0.0800. The lowest BCUT2D eigenvalue weighted by atomic mass is 10.2. The minimum absolute atomic E-state index is 0.348. The molecule has 86 valence electrons. The second-order valence-corrected chi connectivity index (χ2v) is 4.31. The fraction of sp³-hybridized carbons (Fsp3) is 1.00. The van der Waals surface area contributed by atoms with E-state index < -0.39 is 0 Å². The van der Waals surface area contributed by atoms with Crippen LogP contribution in [-0.2, 0) is 0 Å². The quantitative estimate of drug-likeness (QED) is 0.620. The number of hydrogen-bond acceptors (Lipinski definition) is 2. The predicted octanol–water partition coefficient (Wildman–Crippen LogP) is 2.63. The average molecular weight is 200 g/mol. The van der Waals surface area contributed by atoms with Crippen molar-refractivity contribution in [2.75, 3.05) is 19.6 Å². The van der Waals surface area contributed by atoms with Crippen molar-refractivity contribution in [3.8, 4) is 0 Å². The molecule has 0 radical (unpaired) electrons. The highest BCUT2D eigenvalue weighted by Gasteiger charge is 2.04. The molecule has 0 fully saturated rings. The molecule has 0 aliphatic carbocycles. The average Bonchev–Trinajstić information content (AvgIpc) is 2.16. The van der Waals surface area contributed by atoms with Gasteiger partial charge in [-0.3, -0.25) is 0 Å². The monoisotopic (exact) mass is 200 g/mol. The second kappa shape index (κ2) is 9.47. The number of hydrogen-bond donors (Lipinski definition) is 1. The fourth-order valence-electron chi connectivity index (χ4n) is 1.49. The van der Waals surface area contributed by atoms with Crippen LogP contribution in [0.1, 0.15) is 52.9 Å². The van der Waals surface area contributed by atoms with Crippen molar-refractivity contribution < 1.29 is 0 Å². The van der Waals surface area contributed by atoms with Gasteiger partial charge >= 0.3 is 0 Å². The first-order valence-electron chi connectivity index (χ1n) is 6.18. The number of unbranched alkanes of at least 4 members (excludes halogenated alkanes) is 2. The van der Waals surface area contributed by atoms with Gasteiger partial charge in [0.1, 0.15) is 0 Å². The van der Waals surface area contributed by atoms with Crippen molar-refractivity contribution >= 4 is 0 Å². The van der Waals surface area contributed by atoms with Gasteiger partial charge in [-0.2, -0.15) is 0 Å². The molecule has 0 unspecified atom stereocenters. The number of nitrogens with zero attached hydrogens (tertiary/aromatic N) is 1. The maximum atomic E-state index is 5.77. The molecule has 0 aliphatic rings. The van der Waals surface area contributed by atoms with Gasteiger partial charge in [-0.15, -0.1) is 0 Å². The van der Waals surface area contributed by atoms with Crippen LogP contribution in [0.15, 0.2) is 0 Å². The molecule has 0 bridgehead atoms. The van der Waals surface area contributed by atoms with Crippen molar-refractivity contribution in [1.29, 1.82) is 0 Å². The van der Waals surface area contributed by atoms with Gasteiger partial charge in [0.25, 0.3) is 0 Å². The summed E-state index contributed by atoms with van der Waals surface area (Å²) in [7, 11) is 0. The first-order valence-corrected chi connectivity index (χ1v) is 6.18. The Kier molecular flexibility index (Phi) is 9.42. The third-order valence-electron chi connectivity index (χ3n) is 2.56. The number of rotatable bonds is 9. The van der Waals surface area contributed by atoms with E-state index in [9.17, 15) is 0 Å². The molecule has 1 atom stereocenters. The van der Waals surface area contributed by atoms with Crippen LogP contribution in [0.4, 0.5) is 0 Å². The molecule has 0 amide bonds. The molecule has 0 heterocycles. The van der Waals surface area contributed by atoms with E-state index in [2.05, 4.69) is 25.7 Å². The zero-order chi connectivity index (χ0) is 10.8. The minimum atomic E-state index is 0.348. The van der Waals surface area contributed by atoms with Crippen LogP contribution in [0.25, 0.3) is 0 Å². The lowest BCUT2D eigenvalue weighted by Crippen LogP contribution is -2.31. The van der Waals surface area contributed by atoms with Gasteiger partial charge in [-0.1, -0.05) is 26.7 Å². The van der Waals surface area contributed by atoms with E-state index in [1.54, 1.807) is 0 Å². The molecule has 0 saturated carbocycles. The fourth-order valence-corrected chi connectivity index (χ4v) is 1.49. The Morgan fingerprint density at radius 3 is 1.86 bits per heavy atom. The SMILES string of the molecule is CCCCN(CCCC)CC[C@@H](C)N. The van der Waals surface area contributed by atoms with Crippen LogP contribution in [0, 0.1) is 0 Å². The smallest absolute Gasteiger partial charge is 0.00226 e. The van der Waals surface area contributed by atoms with Crippen molar-refractivity contribution in [1.82, 2.24) is 4.90 Å². The highest BCUT2D eigenvalue weighted by Crippen LogP contribution is 2.01. The van der Waals surface area contributed by atoms with E-state index in [1.807, 2.05) is 0 Å². The van der Waals surface area contributed by atoms with Crippen molar-refractivity contribution in [2.24, 2.45) is 5.73 Å². The Morgan fingerprint density at radius 1 is 1.00 bits per heavy atom. The van der Waals surface area contributed by atoms with Crippen molar-refractivity contribution in [3.05, 3.63) is 0 Å². The molecule has 14 heavy (non-hydrogen) atoms. The van der Waals surface area contributed by atoms with Gasteiger partial charge in [0.2, 0.25) is 0 Å². The molecule has 0 rings (SSSR count). The summed E-state index contributed by atoms with van der Waals surface area (Å²) in [4.78, 5) is 2.57. The maximum Gasteiger partial charge on any atom is 0.00226 e. The summed E-state index contributed by atoms with van der Waals surface area (Å²) < 4.78 is 0. The first kappa shape index (κ1) is 13.9. The third kappa shape index (κ3) is 8.52. The van der Waals surface area contributed by atoms with Crippen LogP contribution in [0.5, 0.6) is 0 Å². The Morgan fingerprint density at radius 2 is 1.50 bits per heavy atom. The molecular formula is C12H28N2. The lowest BCUT2D eigenvalue weighted by Gasteiger charge is -2.22. The van der Waals surface area contributed by atoms with Gasteiger partial charge < -0.3 is 10.6 Å². The van der Waals surface area contributed by atoms with Gasteiger partial charge in [-0.25, -0.2) is 0 Å². The number of nitrogens with two attached hydrogens (primary N) is 1. The summed E-state index contributed by atoms with van der Waals surface area (Å²) in [6.07, 6.45) is 6.36. The molecule has 2 heteroatoms. The summed E-state index contributed by atoms with van der Waals surface area (Å²) in [6, 6.07) is 0.348. The molecule has 0 aromatic carbocycles. The van der Waals surface area contributed by atoms with E-state index in [4.69, 9.17) is 5.73 Å². The van der Waals surface area contributed by atoms with E-state index in [0.717, 1.165) is 6.42 Å². The van der Waals surface area contributed by atoms with Gasteiger partial charge in [0, 0.05) is 6.04 Å². The summed E-state index contributed by atoms with van der Waals surface area (Å²) >= 11 is 0. The van der Waals surface area contributed by atoms with Crippen LogP contribution in [-0.4, -0.2) is 30.6 Å². The summed E-state index contributed by atoms with van der Waals surface area (Å²) in [5, 5.41) is 0. The topological polar surface area (TPSA) is 29.3 Å². The van der Waals surface area contributed by atoms with Crippen LogP contribution in [0.3, 0.4) is 0 Å². The summed E-state index contributed by atoms with van der Waals surface area (Å²) in [5.41, 5.74) is 5.77. The van der Waals surface area contributed by atoms with Crippen LogP contribution in [0.2, 0.25) is 0 Å². The standard InChI is InChI=1S/C12H28N2/c1-4-6-9-14(10-7-5-2)11-8-12(3)13/h12H,4-11,13H2,1-3H3/t12-/m1/s1. The zero-order valence-electron chi connectivity index (χ0n) is 10.3. The van der Waals surface area contributed by atoms with Gasteiger partial charge in [0.15, 0.2) is 0 Å². The third-order valence-corrected chi connectivity index (χ3v) is 2.56. The highest BCUT2D eigenvalue weighted by molar-refractivity contribution is 4.62. The van der Waals surface area contributed by atoms with Gasteiger partial charge in [0.05, 0.1) is 0 Å². The Labute approximate surface area is 89.9 Å². The highest BCUT2D eigenvalue weighted by atomic mass is 15.1. The summed E-state index contributed by atoms with van der Waals surface area (Å²) in [6.45, 7) is 10.3. The molecule has 2 N–H and O–H groups in total. The molecular weight excluding hydrogens is 172 g/mol. The normalized spacial score (nSPS) is 13.5. The van der Waals surface area contributed by atoms with E-state index in [-0.39, 0.29) is 0 Å². The molecule has 0 spiro atoms. The molecule has 0 aromatic rings. The Bertz CT molecular complexity index is 105.